The largest absolute Gasteiger partial charge is 0.352 e. The van der Waals surface area contributed by atoms with Crippen molar-refractivity contribution in [2.75, 3.05) is 11.9 Å². The number of hydrogen-bond acceptors (Lipinski definition) is 6. The Labute approximate surface area is 154 Å². The highest BCUT2D eigenvalue weighted by Gasteiger charge is 2.08. The molecule has 2 aromatic heterocycles. The molecule has 0 aliphatic carbocycles. The summed E-state index contributed by atoms with van der Waals surface area (Å²) < 4.78 is 1.57. The fourth-order valence-electron chi connectivity index (χ4n) is 2.43. The third kappa shape index (κ3) is 4.51. The van der Waals surface area contributed by atoms with Gasteiger partial charge in [-0.25, -0.2) is 4.68 Å². The van der Waals surface area contributed by atoms with E-state index in [0.717, 1.165) is 11.3 Å². The van der Waals surface area contributed by atoms with E-state index in [9.17, 15) is 9.59 Å². The van der Waals surface area contributed by atoms with Gasteiger partial charge in [-0.15, -0.1) is 5.10 Å². The van der Waals surface area contributed by atoms with E-state index in [2.05, 4.69) is 26.2 Å². The van der Waals surface area contributed by atoms with Gasteiger partial charge in [0.25, 0.3) is 5.91 Å². The highest BCUT2D eigenvalue weighted by Crippen LogP contribution is 2.18. The Morgan fingerprint density at radius 3 is 2.85 bits per heavy atom. The van der Waals surface area contributed by atoms with Crippen LogP contribution in [-0.4, -0.2) is 38.6 Å². The van der Waals surface area contributed by atoms with Crippen molar-refractivity contribution in [1.82, 2.24) is 25.5 Å². The highest BCUT2D eigenvalue weighted by atomic mass is 32.1. The van der Waals surface area contributed by atoms with Crippen LogP contribution in [0.25, 0.3) is 5.69 Å². The molecule has 2 N–H and O–H groups in total. The number of carbonyl (C=O) groups is 2. The third-order valence-electron chi connectivity index (χ3n) is 3.73. The van der Waals surface area contributed by atoms with Crippen molar-refractivity contribution in [2.45, 2.75) is 19.8 Å². The van der Waals surface area contributed by atoms with E-state index < -0.39 is 0 Å². The van der Waals surface area contributed by atoms with E-state index in [4.69, 9.17) is 0 Å². The van der Waals surface area contributed by atoms with Crippen molar-refractivity contribution in [1.29, 1.82) is 0 Å². The lowest BCUT2D eigenvalue weighted by Crippen LogP contribution is -2.25. The van der Waals surface area contributed by atoms with Gasteiger partial charge in [0.2, 0.25) is 5.91 Å². The molecule has 2 heterocycles. The minimum Gasteiger partial charge on any atom is -0.352 e. The number of amides is 2. The quantitative estimate of drug-likeness (QED) is 0.621. The standard InChI is InChI=1S/C17H18N6O2S/c1-12-9-14(4-5-15(12)23-11-19-21-22-23)20-16(24)3-2-7-18-17(25)13-6-8-26-10-13/h4-6,8-11H,2-3,7H2,1H3,(H,18,25)(H,20,24). The number of rotatable bonds is 7. The molecular formula is C17H18N6O2S. The average molecular weight is 370 g/mol. The minimum atomic E-state index is -0.111. The number of aromatic nitrogens is 4. The van der Waals surface area contributed by atoms with Gasteiger partial charge in [-0.05, 0) is 59.0 Å². The Balaban J connectivity index is 1.45. The van der Waals surface area contributed by atoms with E-state index in [1.54, 1.807) is 22.2 Å². The number of benzene rings is 1. The molecule has 0 fully saturated rings. The summed E-state index contributed by atoms with van der Waals surface area (Å²) in [6, 6.07) is 7.30. The van der Waals surface area contributed by atoms with E-state index >= 15 is 0 Å². The summed E-state index contributed by atoms with van der Waals surface area (Å²) in [5.74, 6) is -0.204. The maximum Gasteiger partial charge on any atom is 0.252 e. The van der Waals surface area contributed by atoms with Crippen LogP contribution < -0.4 is 10.6 Å². The molecule has 0 saturated carbocycles. The van der Waals surface area contributed by atoms with Crippen molar-refractivity contribution in [3.05, 3.63) is 52.5 Å². The predicted molar refractivity (Wildman–Crippen MR) is 98.4 cm³/mol. The lowest BCUT2D eigenvalue weighted by atomic mass is 10.1. The summed E-state index contributed by atoms with van der Waals surface area (Å²) in [4.78, 5) is 23.8. The monoisotopic (exact) mass is 370 g/mol. The number of hydrogen-bond donors (Lipinski definition) is 2. The molecule has 0 atom stereocenters. The lowest BCUT2D eigenvalue weighted by Gasteiger charge is -2.09. The molecular weight excluding hydrogens is 352 g/mol. The molecule has 134 valence electrons. The Hall–Kier alpha value is -3.07. The van der Waals surface area contributed by atoms with Gasteiger partial charge in [-0.2, -0.15) is 11.3 Å². The Morgan fingerprint density at radius 1 is 1.27 bits per heavy atom. The topological polar surface area (TPSA) is 102 Å². The average Bonchev–Trinajstić information content (AvgIpc) is 3.32. The molecule has 3 aromatic rings. The van der Waals surface area contributed by atoms with Crippen molar-refractivity contribution >= 4 is 28.8 Å². The first kappa shape index (κ1) is 17.7. The molecule has 8 nitrogen and oxygen atoms in total. The number of carbonyl (C=O) groups excluding carboxylic acids is 2. The Morgan fingerprint density at radius 2 is 2.15 bits per heavy atom. The molecule has 3 rings (SSSR count). The Kier molecular flexibility index (Phi) is 5.69. The normalized spacial score (nSPS) is 10.5. The molecule has 0 aliphatic heterocycles. The summed E-state index contributed by atoms with van der Waals surface area (Å²) in [5.41, 5.74) is 3.16. The molecule has 2 amide bonds. The van der Waals surface area contributed by atoms with Gasteiger partial charge in [-0.3, -0.25) is 9.59 Å². The van der Waals surface area contributed by atoms with Crippen LogP contribution >= 0.6 is 11.3 Å². The summed E-state index contributed by atoms with van der Waals surface area (Å²) in [7, 11) is 0. The van der Waals surface area contributed by atoms with E-state index in [0.29, 0.717) is 30.6 Å². The summed E-state index contributed by atoms with van der Waals surface area (Å²) in [6.45, 7) is 2.38. The molecule has 0 aliphatic rings. The highest BCUT2D eigenvalue weighted by molar-refractivity contribution is 7.08. The van der Waals surface area contributed by atoms with Gasteiger partial charge in [-0.1, -0.05) is 0 Å². The first-order valence-corrected chi connectivity index (χ1v) is 9.02. The number of tetrazole rings is 1. The van der Waals surface area contributed by atoms with Crippen LogP contribution in [0.2, 0.25) is 0 Å². The van der Waals surface area contributed by atoms with Crippen LogP contribution in [-0.2, 0) is 4.79 Å². The molecule has 0 radical (unpaired) electrons. The second-order valence-electron chi connectivity index (χ2n) is 5.68. The Bertz CT molecular complexity index is 877. The predicted octanol–water partition coefficient (Wildman–Crippen LogP) is 2.18. The molecule has 0 spiro atoms. The molecule has 9 heteroatoms. The molecule has 0 saturated heterocycles. The van der Waals surface area contributed by atoms with Crippen molar-refractivity contribution in [2.24, 2.45) is 0 Å². The van der Waals surface area contributed by atoms with Gasteiger partial charge in [0.05, 0.1) is 5.69 Å². The first-order chi connectivity index (χ1) is 12.6. The molecule has 0 bridgehead atoms. The van der Waals surface area contributed by atoms with Crippen LogP contribution in [0.3, 0.4) is 0 Å². The van der Waals surface area contributed by atoms with Crippen LogP contribution in [0.15, 0.2) is 41.4 Å². The van der Waals surface area contributed by atoms with Crippen LogP contribution in [0, 0.1) is 6.92 Å². The van der Waals surface area contributed by atoms with Crippen LogP contribution in [0.1, 0.15) is 28.8 Å². The SMILES string of the molecule is Cc1cc(NC(=O)CCCNC(=O)c2ccsc2)ccc1-n1cnnn1. The maximum absolute atomic E-state index is 12.1. The second kappa shape index (κ2) is 8.34. The summed E-state index contributed by atoms with van der Waals surface area (Å²) in [5, 5.41) is 20.4. The van der Waals surface area contributed by atoms with Gasteiger partial charge in [0, 0.05) is 29.6 Å². The van der Waals surface area contributed by atoms with Gasteiger partial charge in [0.1, 0.15) is 6.33 Å². The van der Waals surface area contributed by atoms with E-state index in [1.807, 2.05) is 24.4 Å². The molecule has 1 aromatic carbocycles. The van der Waals surface area contributed by atoms with Gasteiger partial charge in [0.15, 0.2) is 0 Å². The lowest BCUT2D eigenvalue weighted by molar-refractivity contribution is -0.116. The van der Waals surface area contributed by atoms with Crippen molar-refractivity contribution in [3.8, 4) is 5.69 Å². The number of aryl methyl sites for hydroxylation is 1. The van der Waals surface area contributed by atoms with Gasteiger partial charge >= 0.3 is 0 Å². The summed E-state index contributed by atoms with van der Waals surface area (Å²) in [6.07, 6.45) is 2.42. The molecule has 26 heavy (non-hydrogen) atoms. The maximum atomic E-state index is 12.1. The fourth-order valence-corrected chi connectivity index (χ4v) is 3.07. The minimum absolute atomic E-state index is 0.0932. The second-order valence-corrected chi connectivity index (χ2v) is 6.46. The van der Waals surface area contributed by atoms with Crippen LogP contribution in [0.5, 0.6) is 0 Å². The van der Waals surface area contributed by atoms with E-state index in [1.165, 1.54) is 17.7 Å². The third-order valence-corrected chi connectivity index (χ3v) is 4.41. The van der Waals surface area contributed by atoms with Gasteiger partial charge < -0.3 is 10.6 Å². The zero-order valence-corrected chi connectivity index (χ0v) is 15.0. The number of nitrogens with zero attached hydrogens (tertiary/aromatic N) is 4. The number of nitrogens with one attached hydrogen (secondary N) is 2. The zero-order chi connectivity index (χ0) is 18.4. The smallest absolute Gasteiger partial charge is 0.252 e. The molecule has 0 unspecified atom stereocenters. The first-order valence-electron chi connectivity index (χ1n) is 8.08. The summed E-state index contributed by atoms with van der Waals surface area (Å²) >= 11 is 1.48. The number of anilines is 1. The van der Waals surface area contributed by atoms with Crippen molar-refractivity contribution < 1.29 is 9.59 Å². The van der Waals surface area contributed by atoms with Crippen molar-refractivity contribution in [3.63, 3.8) is 0 Å². The van der Waals surface area contributed by atoms with E-state index in [-0.39, 0.29) is 11.8 Å². The number of thiophene rings is 1. The zero-order valence-electron chi connectivity index (χ0n) is 14.2. The fraction of sp³-hybridized carbons (Fsp3) is 0.235. The van der Waals surface area contributed by atoms with Crippen LogP contribution in [0.4, 0.5) is 5.69 Å².